The van der Waals surface area contributed by atoms with Gasteiger partial charge in [0.1, 0.15) is 19.4 Å². The van der Waals surface area contributed by atoms with Crippen LogP contribution in [-0.4, -0.2) is 34.0 Å². The third kappa shape index (κ3) is 4.01. The first-order valence-electron chi connectivity index (χ1n) is 6.29. The smallest absolute Gasteiger partial charge is 0.353 e. The van der Waals surface area contributed by atoms with Gasteiger partial charge in [-0.15, -0.1) is 0 Å². The van der Waals surface area contributed by atoms with E-state index in [-0.39, 0.29) is 36.5 Å². The van der Waals surface area contributed by atoms with E-state index < -0.39 is 4.92 Å². The van der Waals surface area contributed by atoms with Crippen molar-refractivity contribution in [2.24, 2.45) is 0 Å². The Morgan fingerprint density at radius 2 is 2.05 bits per heavy atom. The van der Waals surface area contributed by atoms with Crippen LogP contribution in [0.4, 0.5) is 17.3 Å². The Morgan fingerprint density at radius 1 is 1.43 bits per heavy atom. The SMILES string of the molecule is CCC(C)Nc1ncnc(N(CC#N)CC#N)c1[N+](=O)[O-]. The monoisotopic (exact) mass is 289 g/mol. The van der Waals surface area contributed by atoms with Crippen molar-refractivity contribution in [3.63, 3.8) is 0 Å². The van der Waals surface area contributed by atoms with Crippen molar-refractivity contribution in [1.29, 1.82) is 10.5 Å². The van der Waals surface area contributed by atoms with Crippen molar-refractivity contribution in [1.82, 2.24) is 9.97 Å². The van der Waals surface area contributed by atoms with Crippen molar-refractivity contribution in [3.05, 3.63) is 16.4 Å². The third-order valence-corrected chi connectivity index (χ3v) is 2.80. The zero-order chi connectivity index (χ0) is 15.8. The van der Waals surface area contributed by atoms with Gasteiger partial charge in [0.05, 0.1) is 17.1 Å². The molecule has 1 atom stereocenters. The van der Waals surface area contributed by atoms with Gasteiger partial charge in [0.15, 0.2) is 0 Å². The molecule has 1 unspecified atom stereocenters. The molecule has 0 radical (unpaired) electrons. The minimum Gasteiger partial charge on any atom is -0.362 e. The van der Waals surface area contributed by atoms with Crippen LogP contribution >= 0.6 is 0 Å². The molecule has 0 aromatic carbocycles. The molecule has 0 fully saturated rings. The van der Waals surface area contributed by atoms with Crippen molar-refractivity contribution >= 4 is 17.3 Å². The molecule has 110 valence electrons. The summed E-state index contributed by atoms with van der Waals surface area (Å²) in [4.78, 5) is 19.7. The predicted molar refractivity (Wildman–Crippen MR) is 75.5 cm³/mol. The number of hydrogen-bond acceptors (Lipinski definition) is 8. The summed E-state index contributed by atoms with van der Waals surface area (Å²) >= 11 is 0. The van der Waals surface area contributed by atoms with Crippen LogP contribution in [0.15, 0.2) is 6.33 Å². The van der Waals surface area contributed by atoms with Crippen molar-refractivity contribution in [3.8, 4) is 12.1 Å². The summed E-state index contributed by atoms with van der Waals surface area (Å²) in [5.41, 5.74) is -0.330. The highest BCUT2D eigenvalue weighted by molar-refractivity contribution is 5.70. The summed E-state index contributed by atoms with van der Waals surface area (Å²) < 4.78 is 0. The van der Waals surface area contributed by atoms with Crippen LogP contribution in [0.1, 0.15) is 20.3 Å². The molecule has 9 heteroatoms. The summed E-state index contributed by atoms with van der Waals surface area (Å²) in [6, 6.07) is 3.71. The Morgan fingerprint density at radius 3 is 2.52 bits per heavy atom. The van der Waals surface area contributed by atoms with Gasteiger partial charge in [0, 0.05) is 6.04 Å². The van der Waals surface area contributed by atoms with Crippen LogP contribution in [0.25, 0.3) is 0 Å². The lowest BCUT2D eigenvalue weighted by atomic mass is 10.2. The fourth-order valence-electron chi connectivity index (χ4n) is 1.59. The van der Waals surface area contributed by atoms with E-state index in [1.54, 1.807) is 0 Å². The molecule has 0 spiro atoms. The average Bonchev–Trinajstić information content (AvgIpc) is 2.46. The van der Waals surface area contributed by atoms with Crippen LogP contribution < -0.4 is 10.2 Å². The number of hydrogen-bond donors (Lipinski definition) is 1. The van der Waals surface area contributed by atoms with E-state index >= 15 is 0 Å². The van der Waals surface area contributed by atoms with Crippen molar-refractivity contribution < 1.29 is 4.92 Å². The highest BCUT2D eigenvalue weighted by Crippen LogP contribution is 2.32. The van der Waals surface area contributed by atoms with E-state index in [2.05, 4.69) is 15.3 Å². The normalized spacial score (nSPS) is 11.0. The molecule has 0 bridgehead atoms. The van der Waals surface area contributed by atoms with Crippen LogP contribution in [0.3, 0.4) is 0 Å². The van der Waals surface area contributed by atoms with Gasteiger partial charge < -0.3 is 10.2 Å². The quantitative estimate of drug-likeness (QED) is 0.453. The molecule has 0 saturated heterocycles. The summed E-state index contributed by atoms with van der Waals surface area (Å²) in [5.74, 6) is 0.0455. The van der Waals surface area contributed by atoms with Gasteiger partial charge >= 0.3 is 5.69 Å². The first-order valence-corrected chi connectivity index (χ1v) is 6.29. The molecular weight excluding hydrogens is 274 g/mol. The number of nitro groups is 1. The van der Waals surface area contributed by atoms with E-state index in [0.29, 0.717) is 0 Å². The summed E-state index contributed by atoms with van der Waals surface area (Å²) in [7, 11) is 0. The maximum Gasteiger partial charge on any atom is 0.353 e. The van der Waals surface area contributed by atoms with Gasteiger partial charge in [-0.1, -0.05) is 6.92 Å². The molecule has 1 aromatic heterocycles. The Labute approximate surface area is 122 Å². The lowest BCUT2D eigenvalue weighted by Gasteiger charge is -2.18. The molecule has 0 aliphatic carbocycles. The highest BCUT2D eigenvalue weighted by atomic mass is 16.6. The largest absolute Gasteiger partial charge is 0.362 e. The molecule has 0 amide bonds. The zero-order valence-electron chi connectivity index (χ0n) is 11.8. The van der Waals surface area contributed by atoms with E-state index in [1.165, 1.54) is 11.2 Å². The summed E-state index contributed by atoms with van der Waals surface area (Å²) in [5, 5.41) is 31.8. The zero-order valence-corrected chi connectivity index (χ0v) is 11.8. The molecule has 0 aliphatic rings. The van der Waals surface area contributed by atoms with Gasteiger partial charge in [-0.25, -0.2) is 9.97 Å². The van der Waals surface area contributed by atoms with Crippen molar-refractivity contribution in [2.75, 3.05) is 23.3 Å². The molecule has 0 saturated carbocycles. The second-order valence-electron chi connectivity index (χ2n) is 4.28. The Kier molecular flexibility index (Phi) is 5.83. The van der Waals surface area contributed by atoms with E-state index in [0.717, 1.165) is 6.42 Å². The number of aromatic nitrogens is 2. The van der Waals surface area contributed by atoms with E-state index in [4.69, 9.17) is 10.5 Å². The Hall–Kier alpha value is -2.94. The molecule has 9 nitrogen and oxygen atoms in total. The minimum atomic E-state index is -0.609. The van der Waals surface area contributed by atoms with Gasteiger partial charge in [0.25, 0.3) is 0 Å². The molecule has 1 N–H and O–H groups in total. The maximum absolute atomic E-state index is 11.3. The molecule has 1 aromatic rings. The van der Waals surface area contributed by atoms with Gasteiger partial charge in [-0.05, 0) is 13.3 Å². The molecule has 1 heterocycles. The lowest BCUT2D eigenvalue weighted by Crippen LogP contribution is -2.27. The number of nitrogens with one attached hydrogen (secondary N) is 1. The second-order valence-corrected chi connectivity index (χ2v) is 4.28. The van der Waals surface area contributed by atoms with Gasteiger partial charge in [-0.3, -0.25) is 10.1 Å². The predicted octanol–water partition coefficient (Wildman–Crippen LogP) is 1.45. The van der Waals surface area contributed by atoms with E-state index in [1.807, 2.05) is 26.0 Å². The minimum absolute atomic E-state index is 0.00756. The van der Waals surface area contributed by atoms with Crippen LogP contribution in [0.5, 0.6) is 0 Å². The van der Waals surface area contributed by atoms with Crippen LogP contribution in [-0.2, 0) is 0 Å². The molecule has 1 rings (SSSR count). The molecule has 0 aliphatic heterocycles. The number of nitrogens with zero attached hydrogens (tertiary/aromatic N) is 6. The number of anilines is 2. The van der Waals surface area contributed by atoms with Crippen LogP contribution in [0, 0.1) is 32.8 Å². The first-order chi connectivity index (χ1) is 10.0. The average molecular weight is 289 g/mol. The first kappa shape index (κ1) is 16.1. The number of nitriles is 2. The number of rotatable bonds is 7. The van der Waals surface area contributed by atoms with Crippen LogP contribution in [0.2, 0.25) is 0 Å². The maximum atomic E-state index is 11.3. The second kappa shape index (κ2) is 7.60. The third-order valence-electron chi connectivity index (χ3n) is 2.80. The topological polar surface area (TPSA) is 132 Å². The van der Waals surface area contributed by atoms with E-state index in [9.17, 15) is 10.1 Å². The standard InChI is InChI=1S/C12H15N7O2/c1-3-9(2)17-11-10(19(20)21)12(16-8-15-11)18(6-4-13)7-5-14/h8-9H,3,6-7H2,1-2H3,(H,15,16,17). The Balaban J connectivity index is 3.31. The highest BCUT2D eigenvalue weighted by Gasteiger charge is 2.27. The summed E-state index contributed by atoms with van der Waals surface area (Å²) in [6.45, 7) is 3.46. The van der Waals surface area contributed by atoms with Gasteiger partial charge in [0.2, 0.25) is 11.6 Å². The Bertz CT molecular complexity index is 574. The molecule has 21 heavy (non-hydrogen) atoms. The fourth-order valence-corrected chi connectivity index (χ4v) is 1.59. The summed E-state index contributed by atoms with van der Waals surface area (Å²) in [6.07, 6.45) is 1.94. The molecular formula is C12H15N7O2. The van der Waals surface area contributed by atoms with Crippen molar-refractivity contribution in [2.45, 2.75) is 26.3 Å². The fraction of sp³-hybridized carbons (Fsp3) is 0.500. The van der Waals surface area contributed by atoms with Gasteiger partial charge in [-0.2, -0.15) is 10.5 Å². The lowest BCUT2D eigenvalue weighted by molar-refractivity contribution is -0.383.